The number of fused-ring (bicyclic) bond motifs is 1. The van der Waals surface area contributed by atoms with Gasteiger partial charge in [0.05, 0.1) is 18.8 Å². The molecule has 0 aliphatic carbocycles. The van der Waals surface area contributed by atoms with Gasteiger partial charge in [0.15, 0.2) is 0 Å². The molecule has 0 radical (unpaired) electrons. The van der Waals surface area contributed by atoms with Crippen LogP contribution in [0.25, 0.3) is 22.1 Å². The van der Waals surface area contributed by atoms with Crippen molar-refractivity contribution < 1.29 is 18.7 Å². The minimum absolute atomic E-state index is 0.361. The van der Waals surface area contributed by atoms with Crippen molar-refractivity contribution in [2.45, 2.75) is 25.7 Å². The number of unbranched alkanes of at least 4 members (excludes halogenated alkanes) is 2. The zero-order valence-electron chi connectivity index (χ0n) is 17.4. The molecule has 0 aliphatic heterocycles. The third-order valence-electron chi connectivity index (χ3n) is 4.67. The molecule has 0 fully saturated rings. The number of carbonyl (C=O) groups is 1. The maximum atomic E-state index is 12.4. The van der Waals surface area contributed by atoms with Crippen LogP contribution in [-0.2, 0) is 9.53 Å². The number of hydrogen-bond donors (Lipinski definition) is 0. The van der Waals surface area contributed by atoms with Crippen LogP contribution in [0.1, 0.15) is 25.7 Å². The highest BCUT2D eigenvalue weighted by atomic mass is 16.5. The summed E-state index contributed by atoms with van der Waals surface area (Å²) in [6.07, 6.45) is 8.77. The quantitative estimate of drug-likeness (QED) is 0.132. The number of allylic oxidation sites excluding steroid dienone is 2. The zero-order chi connectivity index (χ0) is 21.9. The monoisotopic (exact) mass is 418 g/mol. The summed E-state index contributed by atoms with van der Waals surface area (Å²) in [5.74, 6) is 0.293. The molecule has 3 aromatic rings. The Bertz CT molecular complexity index is 1100. The van der Waals surface area contributed by atoms with Gasteiger partial charge in [0.2, 0.25) is 0 Å². The molecule has 31 heavy (non-hydrogen) atoms. The van der Waals surface area contributed by atoms with Gasteiger partial charge in [-0.1, -0.05) is 49.1 Å². The van der Waals surface area contributed by atoms with Crippen LogP contribution in [0.3, 0.4) is 0 Å². The van der Waals surface area contributed by atoms with Gasteiger partial charge < -0.3 is 13.9 Å². The minimum atomic E-state index is -0.384. The third-order valence-corrected chi connectivity index (χ3v) is 4.67. The molecule has 1 aromatic heterocycles. The van der Waals surface area contributed by atoms with Gasteiger partial charge in [0.1, 0.15) is 11.3 Å². The van der Waals surface area contributed by atoms with Gasteiger partial charge in [-0.25, -0.2) is 9.59 Å². The van der Waals surface area contributed by atoms with Gasteiger partial charge in [0.25, 0.3) is 0 Å². The summed E-state index contributed by atoms with van der Waals surface area (Å²) >= 11 is 0. The van der Waals surface area contributed by atoms with Crippen molar-refractivity contribution in [3.63, 3.8) is 0 Å². The zero-order valence-corrected chi connectivity index (χ0v) is 17.4. The lowest BCUT2D eigenvalue weighted by molar-refractivity contribution is -0.137. The van der Waals surface area contributed by atoms with Crippen molar-refractivity contribution in [3.05, 3.63) is 89.8 Å². The maximum Gasteiger partial charge on any atom is 0.344 e. The Morgan fingerprint density at radius 1 is 0.968 bits per heavy atom. The van der Waals surface area contributed by atoms with Crippen LogP contribution in [0.15, 0.2) is 88.6 Å². The number of ether oxygens (including phenoxy) is 2. The fraction of sp³-hybridized carbons (Fsp3) is 0.231. The molecule has 5 heteroatoms. The van der Waals surface area contributed by atoms with Crippen LogP contribution in [0.4, 0.5) is 0 Å². The second-order valence-corrected chi connectivity index (χ2v) is 6.99. The largest absolute Gasteiger partial charge is 0.493 e. The van der Waals surface area contributed by atoms with E-state index in [1.54, 1.807) is 6.07 Å². The van der Waals surface area contributed by atoms with E-state index in [1.165, 1.54) is 6.08 Å². The minimum Gasteiger partial charge on any atom is -0.493 e. The third kappa shape index (κ3) is 6.71. The molecule has 0 N–H and O–H groups in total. The maximum absolute atomic E-state index is 12.4. The molecule has 1 heterocycles. The van der Waals surface area contributed by atoms with Gasteiger partial charge in [-0.15, -0.1) is 0 Å². The Morgan fingerprint density at radius 2 is 1.71 bits per heavy atom. The summed E-state index contributed by atoms with van der Waals surface area (Å²) in [7, 11) is 0. The van der Waals surface area contributed by atoms with E-state index in [9.17, 15) is 9.59 Å². The fourth-order valence-corrected chi connectivity index (χ4v) is 3.06. The molecule has 0 amide bonds. The number of rotatable bonds is 11. The van der Waals surface area contributed by atoms with Crippen LogP contribution in [-0.4, -0.2) is 19.2 Å². The topological polar surface area (TPSA) is 65.7 Å². The number of benzene rings is 2. The second-order valence-electron chi connectivity index (χ2n) is 6.99. The van der Waals surface area contributed by atoms with Crippen molar-refractivity contribution in [2.75, 3.05) is 13.2 Å². The molecule has 2 aromatic carbocycles. The average molecular weight is 418 g/mol. The Balaban J connectivity index is 1.45. The van der Waals surface area contributed by atoms with Crippen molar-refractivity contribution in [2.24, 2.45) is 0 Å². The number of carbonyl (C=O) groups excluding carboxylic acids is 1. The van der Waals surface area contributed by atoms with Crippen LogP contribution < -0.4 is 10.4 Å². The number of esters is 1. The van der Waals surface area contributed by atoms with E-state index in [1.807, 2.05) is 48.5 Å². The standard InChI is InChI=1S/C26H26O5/c1-2-25(27)30-17-11-6-4-3-5-10-16-29-22-15-14-21-18-23(20-12-8-7-9-13-20)26(28)31-24(21)19-22/h2-4,7-9,12-15,18-19H,1,5-6,10-11,16-17H2/b4-3+. The molecule has 5 nitrogen and oxygen atoms in total. The van der Waals surface area contributed by atoms with E-state index in [0.717, 1.165) is 36.6 Å². The smallest absolute Gasteiger partial charge is 0.344 e. The first-order chi connectivity index (χ1) is 15.2. The lowest BCUT2D eigenvalue weighted by atomic mass is 10.1. The molecular weight excluding hydrogens is 392 g/mol. The first-order valence-corrected chi connectivity index (χ1v) is 10.4. The molecule has 160 valence electrons. The van der Waals surface area contributed by atoms with E-state index >= 15 is 0 Å². The number of hydrogen-bond acceptors (Lipinski definition) is 5. The molecule has 0 aliphatic rings. The summed E-state index contributed by atoms with van der Waals surface area (Å²) in [4.78, 5) is 23.3. The Morgan fingerprint density at radius 3 is 2.45 bits per heavy atom. The Labute approximate surface area is 181 Å². The summed E-state index contributed by atoms with van der Waals surface area (Å²) in [5.41, 5.74) is 1.54. The van der Waals surface area contributed by atoms with Crippen molar-refractivity contribution in [3.8, 4) is 16.9 Å². The molecule has 3 rings (SSSR count). The summed E-state index contributed by atoms with van der Waals surface area (Å²) in [6, 6.07) is 16.9. The molecular formula is C26H26O5. The first-order valence-electron chi connectivity index (χ1n) is 10.4. The van der Waals surface area contributed by atoms with Crippen LogP contribution in [0.2, 0.25) is 0 Å². The summed E-state index contributed by atoms with van der Waals surface area (Å²) < 4.78 is 16.2. The fourth-order valence-electron chi connectivity index (χ4n) is 3.06. The second kappa shape index (κ2) is 11.6. The Hall–Kier alpha value is -3.60. The average Bonchev–Trinajstić information content (AvgIpc) is 2.80. The van der Waals surface area contributed by atoms with Crippen molar-refractivity contribution >= 4 is 16.9 Å². The van der Waals surface area contributed by atoms with Crippen LogP contribution in [0.5, 0.6) is 5.75 Å². The molecule has 0 saturated carbocycles. The van der Waals surface area contributed by atoms with Gasteiger partial charge in [0, 0.05) is 17.5 Å². The normalized spacial score (nSPS) is 11.0. The highest BCUT2D eigenvalue weighted by molar-refractivity contribution is 5.82. The van der Waals surface area contributed by atoms with Gasteiger partial charge in [-0.3, -0.25) is 0 Å². The van der Waals surface area contributed by atoms with Gasteiger partial charge in [-0.05, 0) is 49.4 Å². The van der Waals surface area contributed by atoms with E-state index in [0.29, 0.717) is 30.1 Å². The van der Waals surface area contributed by atoms with Gasteiger partial charge in [-0.2, -0.15) is 0 Å². The molecule has 0 bridgehead atoms. The summed E-state index contributed by atoms with van der Waals surface area (Å²) in [6.45, 7) is 4.33. The van der Waals surface area contributed by atoms with E-state index in [-0.39, 0.29) is 11.6 Å². The lowest BCUT2D eigenvalue weighted by Crippen LogP contribution is -2.03. The highest BCUT2D eigenvalue weighted by Gasteiger charge is 2.08. The lowest BCUT2D eigenvalue weighted by Gasteiger charge is -2.07. The SMILES string of the molecule is C=CC(=O)OCCC/C=C/CCCOc1ccc2cc(-c3ccccc3)c(=O)oc2c1. The van der Waals surface area contributed by atoms with Gasteiger partial charge >= 0.3 is 11.6 Å². The van der Waals surface area contributed by atoms with E-state index in [4.69, 9.17) is 13.9 Å². The predicted molar refractivity (Wildman–Crippen MR) is 122 cm³/mol. The Kier molecular flexibility index (Phi) is 8.23. The highest BCUT2D eigenvalue weighted by Crippen LogP contribution is 2.24. The predicted octanol–water partition coefficient (Wildman–Crippen LogP) is 5.68. The molecule has 0 spiro atoms. The van der Waals surface area contributed by atoms with E-state index in [2.05, 4.69) is 18.7 Å². The molecule has 0 unspecified atom stereocenters. The summed E-state index contributed by atoms with van der Waals surface area (Å²) in [5, 5.41) is 0.854. The molecule has 0 atom stereocenters. The van der Waals surface area contributed by atoms with Crippen LogP contribution >= 0.6 is 0 Å². The van der Waals surface area contributed by atoms with Crippen molar-refractivity contribution in [1.29, 1.82) is 0 Å². The van der Waals surface area contributed by atoms with E-state index < -0.39 is 0 Å². The molecule has 0 saturated heterocycles. The van der Waals surface area contributed by atoms with Crippen molar-refractivity contribution in [1.82, 2.24) is 0 Å². The first kappa shape index (κ1) is 22.1. The van der Waals surface area contributed by atoms with Crippen LogP contribution in [0, 0.1) is 0 Å².